The molecule has 0 bridgehead atoms. The number of aryl methyl sites for hydroxylation is 2. The molecule has 1 unspecified atom stereocenters. The highest BCUT2D eigenvalue weighted by Crippen LogP contribution is 2.30. The molecule has 1 N–H and O–H groups in total. The smallest absolute Gasteiger partial charge is 0.248 e. The number of nitrogens with zero attached hydrogens (tertiary/aromatic N) is 2. The molecule has 1 aliphatic heterocycles. The first-order valence-electron chi connectivity index (χ1n) is 9.97. The second kappa shape index (κ2) is 9.84. The Morgan fingerprint density at radius 2 is 1.93 bits per heavy atom. The average molecular weight is 416 g/mol. The van der Waals surface area contributed by atoms with Gasteiger partial charge in [-0.15, -0.1) is 0 Å². The van der Waals surface area contributed by atoms with E-state index in [1.54, 1.807) is 13.8 Å². The van der Waals surface area contributed by atoms with Crippen molar-refractivity contribution in [3.63, 3.8) is 0 Å². The molecule has 28 heavy (non-hydrogen) atoms. The maximum atomic E-state index is 12.9. The SMILES string of the molecule is Cc1noc(C)c1S(=O)(=O)N1CCC(C(C)C(=O)NCCCOC(C)C)CC1. The van der Waals surface area contributed by atoms with Crippen molar-refractivity contribution in [1.82, 2.24) is 14.8 Å². The van der Waals surface area contributed by atoms with Gasteiger partial charge in [0.05, 0.1) is 6.10 Å². The second-order valence-electron chi connectivity index (χ2n) is 7.75. The molecule has 0 radical (unpaired) electrons. The first kappa shape index (κ1) is 22.8. The minimum atomic E-state index is -3.61. The number of hydrogen-bond acceptors (Lipinski definition) is 6. The number of ether oxygens (including phenoxy) is 1. The molecule has 2 rings (SSSR count). The molecule has 1 fully saturated rings. The van der Waals surface area contributed by atoms with Gasteiger partial charge < -0.3 is 14.6 Å². The first-order valence-corrected chi connectivity index (χ1v) is 11.4. The lowest BCUT2D eigenvalue weighted by atomic mass is 9.85. The number of nitrogens with one attached hydrogen (secondary N) is 1. The van der Waals surface area contributed by atoms with Gasteiger partial charge in [0.1, 0.15) is 10.6 Å². The summed E-state index contributed by atoms with van der Waals surface area (Å²) in [6.07, 6.45) is 2.30. The van der Waals surface area contributed by atoms with Crippen LogP contribution < -0.4 is 5.32 Å². The Balaban J connectivity index is 1.83. The summed E-state index contributed by atoms with van der Waals surface area (Å²) in [5, 5.41) is 6.71. The minimum absolute atomic E-state index is 0.0246. The number of amides is 1. The van der Waals surface area contributed by atoms with Crippen molar-refractivity contribution in [2.45, 2.75) is 64.9 Å². The third kappa shape index (κ3) is 5.55. The highest BCUT2D eigenvalue weighted by Gasteiger charge is 2.36. The Morgan fingerprint density at radius 1 is 1.29 bits per heavy atom. The van der Waals surface area contributed by atoms with Crippen molar-refractivity contribution < 1.29 is 22.5 Å². The Kier molecular flexibility index (Phi) is 8.03. The van der Waals surface area contributed by atoms with Crippen LogP contribution in [0.25, 0.3) is 0 Å². The van der Waals surface area contributed by atoms with Gasteiger partial charge in [0, 0.05) is 32.2 Å². The van der Waals surface area contributed by atoms with E-state index in [1.165, 1.54) is 4.31 Å². The van der Waals surface area contributed by atoms with E-state index in [4.69, 9.17) is 9.26 Å². The summed E-state index contributed by atoms with van der Waals surface area (Å²) in [7, 11) is -3.61. The Hall–Kier alpha value is -1.45. The molecule has 1 amide bonds. The topological polar surface area (TPSA) is 102 Å². The Morgan fingerprint density at radius 3 is 2.46 bits per heavy atom. The molecule has 0 aliphatic carbocycles. The van der Waals surface area contributed by atoms with Crippen LogP contribution in [-0.2, 0) is 19.6 Å². The zero-order chi connectivity index (χ0) is 20.9. The van der Waals surface area contributed by atoms with Crippen molar-refractivity contribution in [3.8, 4) is 0 Å². The van der Waals surface area contributed by atoms with E-state index in [1.807, 2.05) is 20.8 Å². The van der Waals surface area contributed by atoms with E-state index < -0.39 is 10.0 Å². The standard InChI is InChI=1S/C19H33N3O5S/c1-13(2)26-12-6-9-20-19(23)14(3)17-7-10-22(11-8-17)28(24,25)18-15(4)21-27-16(18)5/h13-14,17H,6-12H2,1-5H3,(H,20,23). The van der Waals surface area contributed by atoms with Crippen LogP contribution in [0.15, 0.2) is 9.42 Å². The Bertz CT molecular complexity index is 732. The molecule has 1 saturated heterocycles. The third-order valence-corrected chi connectivity index (χ3v) is 7.40. The van der Waals surface area contributed by atoms with Gasteiger partial charge in [0.25, 0.3) is 0 Å². The fourth-order valence-electron chi connectivity index (χ4n) is 3.57. The van der Waals surface area contributed by atoms with Gasteiger partial charge in [-0.25, -0.2) is 8.42 Å². The summed E-state index contributed by atoms with van der Waals surface area (Å²) in [5.74, 6) is 0.364. The van der Waals surface area contributed by atoms with Crippen molar-refractivity contribution in [3.05, 3.63) is 11.5 Å². The lowest BCUT2D eigenvalue weighted by Gasteiger charge is -2.33. The van der Waals surface area contributed by atoms with Crippen LogP contribution in [0.2, 0.25) is 0 Å². The summed E-state index contributed by atoms with van der Waals surface area (Å²) in [6, 6.07) is 0. The molecule has 0 spiro atoms. The molecule has 8 nitrogen and oxygen atoms in total. The highest BCUT2D eigenvalue weighted by atomic mass is 32.2. The molecule has 1 aliphatic rings. The average Bonchev–Trinajstić information content (AvgIpc) is 2.99. The molecule has 0 aromatic carbocycles. The van der Waals surface area contributed by atoms with E-state index in [0.717, 1.165) is 6.42 Å². The summed E-state index contributed by atoms with van der Waals surface area (Å²) in [5.41, 5.74) is 0.383. The van der Waals surface area contributed by atoms with Crippen LogP contribution in [-0.4, -0.2) is 56.1 Å². The first-order chi connectivity index (χ1) is 13.1. The normalized spacial score (nSPS) is 17.8. The van der Waals surface area contributed by atoms with Gasteiger partial charge in [-0.05, 0) is 52.9 Å². The number of rotatable bonds is 9. The number of hydrogen-bond donors (Lipinski definition) is 1. The van der Waals surface area contributed by atoms with E-state index in [-0.39, 0.29) is 28.7 Å². The third-order valence-electron chi connectivity index (χ3n) is 5.26. The van der Waals surface area contributed by atoms with E-state index in [0.29, 0.717) is 50.5 Å². The van der Waals surface area contributed by atoms with Gasteiger partial charge >= 0.3 is 0 Å². The van der Waals surface area contributed by atoms with E-state index in [9.17, 15) is 13.2 Å². The fraction of sp³-hybridized carbons (Fsp3) is 0.789. The summed E-state index contributed by atoms with van der Waals surface area (Å²) >= 11 is 0. The highest BCUT2D eigenvalue weighted by molar-refractivity contribution is 7.89. The van der Waals surface area contributed by atoms with Crippen molar-refractivity contribution in [2.24, 2.45) is 11.8 Å². The van der Waals surface area contributed by atoms with Gasteiger partial charge in [0.15, 0.2) is 5.76 Å². The predicted octanol–water partition coefficient (Wildman–Crippen LogP) is 2.26. The fourth-order valence-corrected chi connectivity index (χ4v) is 5.33. The summed E-state index contributed by atoms with van der Waals surface area (Å²) < 4.78 is 37.7. The lowest BCUT2D eigenvalue weighted by Crippen LogP contribution is -2.43. The number of carbonyl (C=O) groups is 1. The van der Waals surface area contributed by atoms with Crippen molar-refractivity contribution >= 4 is 15.9 Å². The molecular formula is C19H33N3O5S. The Labute approximate surface area is 168 Å². The van der Waals surface area contributed by atoms with Crippen LogP contribution >= 0.6 is 0 Å². The van der Waals surface area contributed by atoms with Crippen LogP contribution in [0, 0.1) is 25.7 Å². The molecule has 1 aromatic heterocycles. The van der Waals surface area contributed by atoms with Crippen LogP contribution in [0.4, 0.5) is 0 Å². The maximum Gasteiger partial charge on any atom is 0.248 e. The molecule has 0 saturated carbocycles. The van der Waals surface area contributed by atoms with E-state index in [2.05, 4.69) is 10.5 Å². The largest absolute Gasteiger partial charge is 0.379 e. The maximum absolute atomic E-state index is 12.9. The number of carbonyl (C=O) groups excluding carboxylic acids is 1. The zero-order valence-corrected chi connectivity index (χ0v) is 18.3. The van der Waals surface area contributed by atoms with Gasteiger partial charge in [-0.2, -0.15) is 4.31 Å². The van der Waals surface area contributed by atoms with Crippen LogP contribution in [0.5, 0.6) is 0 Å². The van der Waals surface area contributed by atoms with Gasteiger partial charge in [0.2, 0.25) is 15.9 Å². The molecule has 1 atom stereocenters. The lowest BCUT2D eigenvalue weighted by molar-refractivity contribution is -0.126. The summed E-state index contributed by atoms with van der Waals surface area (Å²) in [4.78, 5) is 12.6. The molecule has 1 aromatic rings. The molecular weight excluding hydrogens is 382 g/mol. The number of piperidine rings is 1. The zero-order valence-electron chi connectivity index (χ0n) is 17.5. The van der Waals surface area contributed by atoms with Crippen molar-refractivity contribution in [2.75, 3.05) is 26.2 Å². The van der Waals surface area contributed by atoms with Crippen LogP contribution in [0.1, 0.15) is 51.5 Å². The van der Waals surface area contributed by atoms with Crippen molar-refractivity contribution in [1.29, 1.82) is 0 Å². The van der Waals surface area contributed by atoms with Gasteiger partial charge in [-0.3, -0.25) is 4.79 Å². The quantitative estimate of drug-likeness (QED) is 0.621. The number of aromatic nitrogens is 1. The molecule has 9 heteroatoms. The van der Waals surface area contributed by atoms with E-state index >= 15 is 0 Å². The molecule has 160 valence electrons. The molecule has 2 heterocycles. The predicted molar refractivity (Wildman–Crippen MR) is 105 cm³/mol. The second-order valence-corrected chi connectivity index (χ2v) is 9.62. The van der Waals surface area contributed by atoms with Gasteiger partial charge in [-0.1, -0.05) is 12.1 Å². The minimum Gasteiger partial charge on any atom is -0.379 e. The number of sulfonamides is 1. The van der Waals surface area contributed by atoms with Crippen LogP contribution in [0.3, 0.4) is 0 Å². The monoisotopic (exact) mass is 415 g/mol. The summed E-state index contributed by atoms with van der Waals surface area (Å²) in [6.45, 7) is 11.2.